The van der Waals surface area contributed by atoms with Crippen LogP contribution in [0.15, 0.2) is 12.4 Å². The van der Waals surface area contributed by atoms with E-state index in [-0.39, 0.29) is 58.2 Å². The Kier molecular flexibility index (Phi) is 8.86. The summed E-state index contributed by atoms with van der Waals surface area (Å²) in [5.41, 5.74) is 0. The van der Waals surface area contributed by atoms with Crippen molar-refractivity contribution in [3.05, 3.63) is 12.4 Å². The van der Waals surface area contributed by atoms with Gasteiger partial charge in [-0.05, 0) is 44.9 Å². The number of hydrogen-bond donors (Lipinski definition) is 1. The molecule has 16 heteroatoms. The summed E-state index contributed by atoms with van der Waals surface area (Å²) in [6.07, 6.45) is -9.20. The molecule has 1 N–H and O–H groups in total. The largest absolute Gasteiger partial charge is 0.457 e. The van der Waals surface area contributed by atoms with Gasteiger partial charge in [0.15, 0.2) is 11.9 Å². The summed E-state index contributed by atoms with van der Waals surface area (Å²) in [6.45, 7) is 2.85. The molecule has 1 spiro atoms. The third-order valence-electron chi connectivity index (χ3n) is 6.59. The van der Waals surface area contributed by atoms with E-state index in [1.54, 1.807) is 5.32 Å². The van der Waals surface area contributed by atoms with Gasteiger partial charge in [-0.1, -0.05) is 6.58 Å². The summed E-state index contributed by atoms with van der Waals surface area (Å²) in [7, 11) is -6.42. The maximum absolute atomic E-state index is 14.7. The first-order valence-corrected chi connectivity index (χ1v) is 13.0. The van der Waals surface area contributed by atoms with E-state index in [9.17, 15) is 44.3 Å². The first-order chi connectivity index (χ1) is 17.1. The van der Waals surface area contributed by atoms with Crippen LogP contribution in [0.3, 0.4) is 0 Å². The van der Waals surface area contributed by atoms with Gasteiger partial charge in [-0.15, -0.1) is 0 Å². The molecule has 1 saturated heterocycles. The molecule has 0 bridgehead atoms. The molecular formula is C21H27F6NO8S. The third-order valence-corrected chi connectivity index (χ3v) is 7.86. The summed E-state index contributed by atoms with van der Waals surface area (Å²) in [5.74, 6) is -8.57. The molecule has 1 heterocycles. The smallest absolute Gasteiger partial charge is 0.446 e. The van der Waals surface area contributed by atoms with Crippen molar-refractivity contribution < 1.29 is 62.7 Å². The molecule has 0 aromatic heterocycles. The number of nitrogens with one attached hydrogen (secondary N) is 1. The number of esters is 1. The maximum Gasteiger partial charge on any atom is 0.446 e. The molecule has 3 rings (SSSR count). The summed E-state index contributed by atoms with van der Waals surface area (Å²) in [5, 5.41) is -3.57. The second kappa shape index (κ2) is 11.1. The number of hydrogen-bond acceptors (Lipinski definition) is 8. The number of amides is 1. The van der Waals surface area contributed by atoms with Crippen LogP contribution < -0.4 is 5.32 Å². The number of carbonyl (C=O) groups is 2. The van der Waals surface area contributed by atoms with Gasteiger partial charge in [0.1, 0.15) is 6.10 Å². The highest BCUT2D eigenvalue weighted by molar-refractivity contribution is 7.88. The highest BCUT2D eigenvalue weighted by atomic mass is 32.2. The van der Waals surface area contributed by atoms with Crippen molar-refractivity contribution in [1.82, 2.24) is 5.32 Å². The van der Waals surface area contributed by atoms with Crippen molar-refractivity contribution in [2.75, 3.05) is 13.2 Å². The molecule has 212 valence electrons. The zero-order chi connectivity index (χ0) is 27.6. The van der Waals surface area contributed by atoms with Crippen LogP contribution in [0.4, 0.5) is 26.3 Å². The highest BCUT2D eigenvalue weighted by Gasteiger charge is 2.63. The van der Waals surface area contributed by atoms with Crippen LogP contribution in [0.25, 0.3) is 0 Å². The summed E-state index contributed by atoms with van der Waals surface area (Å²) >= 11 is 0. The SMILES string of the molecule is C=C(F)C(=O)OC1CCC(NC(=O)C(F)(F)S(=O)(=O)OC(C2CCCC23OCCCO3)C(F)(F)F)CC1. The lowest BCUT2D eigenvalue weighted by Crippen LogP contribution is -2.56. The monoisotopic (exact) mass is 567 g/mol. The van der Waals surface area contributed by atoms with E-state index in [2.05, 4.69) is 10.8 Å². The molecule has 2 aliphatic carbocycles. The van der Waals surface area contributed by atoms with Gasteiger partial charge in [-0.3, -0.25) is 8.98 Å². The maximum atomic E-state index is 14.7. The number of halogens is 6. The Morgan fingerprint density at radius 2 is 1.59 bits per heavy atom. The number of alkyl halides is 5. The second-order valence-electron chi connectivity index (χ2n) is 9.15. The number of ether oxygens (including phenoxy) is 3. The summed E-state index contributed by atoms with van der Waals surface area (Å²) in [6, 6.07) is -1.00. The molecule has 0 radical (unpaired) electrons. The molecule has 0 aromatic rings. The molecule has 3 fully saturated rings. The fourth-order valence-corrected chi connectivity index (χ4v) is 5.70. The van der Waals surface area contributed by atoms with E-state index in [0.717, 1.165) is 0 Å². The van der Waals surface area contributed by atoms with Crippen molar-refractivity contribution >= 4 is 22.0 Å². The van der Waals surface area contributed by atoms with Gasteiger partial charge in [0.2, 0.25) is 5.83 Å². The Labute approximate surface area is 208 Å². The predicted octanol–water partition coefficient (Wildman–Crippen LogP) is 3.24. The Hall–Kier alpha value is -1.91. The Bertz CT molecular complexity index is 974. The van der Waals surface area contributed by atoms with Crippen molar-refractivity contribution in [3.63, 3.8) is 0 Å². The minimum Gasteiger partial charge on any atom is -0.457 e. The Morgan fingerprint density at radius 1 is 1.00 bits per heavy atom. The predicted molar refractivity (Wildman–Crippen MR) is 112 cm³/mol. The lowest BCUT2D eigenvalue weighted by atomic mass is 9.93. The topological polar surface area (TPSA) is 117 Å². The zero-order valence-electron chi connectivity index (χ0n) is 19.5. The van der Waals surface area contributed by atoms with E-state index in [1.165, 1.54) is 0 Å². The molecule has 1 aliphatic heterocycles. The van der Waals surface area contributed by atoms with Crippen molar-refractivity contribution in [3.8, 4) is 0 Å². The molecule has 9 nitrogen and oxygen atoms in total. The molecule has 37 heavy (non-hydrogen) atoms. The standard InChI is InChI=1S/C21H27F6NO8S/c1-12(22)17(29)35-14-7-5-13(6-8-14)28-18(30)21(26,27)37(31,32)36-16(20(23,24)25)15-4-2-9-19(15)33-10-3-11-34-19/h13-16H,1-11H2,(H,28,30). The van der Waals surface area contributed by atoms with Crippen LogP contribution in [0.5, 0.6) is 0 Å². The number of carbonyl (C=O) groups excluding carboxylic acids is 2. The summed E-state index contributed by atoms with van der Waals surface area (Å²) in [4.78, 5) is 23.4. The lowest BCUT2D eigenvalue weighted by molar-refractivity contribution is -0.317. The van der Waals surface area contributed by atoms with Gasteiger partial charge in [0.05, 0.1) is 13.2 Å². The number of rotatable bonds is 8. The van der Waals surface area contributed by atoms with E-state index >= 15 is 0 Å². The van der Waals surface area contributed by atoms with Gasteiger partial charge < -0.3 is 19.5 Å². The Morgan fingerprint density at radius 3 is 2.14 bits per heavy atom. The fourth-order valence-electron chi connectivity index (χ4n) is 4.77. The molecule has 1 amide bonds. The first-order valence-electron chi connectivity index (χ1n) is 11.6. The van der Waals surface area contributed by atoms with Crippen molar-refractivity contribution in [2.24, 2.45) is 5.92 Å². The van der Waals surface area contributed by atoms with Crippen molar-refractivity contribution in [2.45, 2.75) is 86.8 Å². The van der Waals surface area contributed by atoms with Crippen LogP contribution in [0.2, 0.25) is 0 Å². The van der Waals surface area contributed by atoms with Crippen LogP contribution in [0, 0.1) is 5.92 Å². The second-order valence-corrected chi connectivity index (χ2v) is 10.8. The van der Waals surface area contributed by atoms with E-state index in [1.807, 2.05) is 0 Å². The van der Waals surface area contributed by atoms with E-state index in [0.29, 0.717) is 6.42 Å². The lowest BCUT2D eigenvalue weighted by Gasteiger charge is -2.41. The molecule has 2 atom stereocenters. The Balaban J connectivity index is 1.67. The van der Waals surface area contributed by atoms with Gasteiger partial charge in [0.25, 0.3) is 0 Å². The zero-order valence-corrected chi connectivity index (χ0v) is 20.3. The van der Waals surface area contributed by atoms with Gasteiger partial charge in [-0.2, -0.15) is 34.8 Å². The normalized spacial score (nSPS) is 27.5. The average Bonchev–Trinajstić information content (AvgIpc) is 3.20. The van der Waals surface area contributed by atoms with Crippen LogP contribution >= 0.6 is 0 Å². The van der Waals surface area contributed by atoms with Gasteiger partial charge >= 0.3 is 33.4 Å². The molecule has 3 aliphatic rings. The first kappa shape index (κ1) is 29.6. The van der Waals surface area contributed by atoms with E-state index < -0.39 is 69.2 Å². The molecular weight excluding hydrogens is 540 g/mol. The molecule has 2 saturated carbocycles. The summed E-state index contributed by atoms with van der Waals surface area (Å²) < 4.78 is 128. The van der Waals surface area contributed by atoms with E-state index in [4.69, 9.17) is 14.2 Å². The highest BCUT2D eigenvalue weighted by Crippen LogP contribution is 2.49. The minimum absolute atomic E-state index is 0.0119. The molecule has 0 aromatic carbocycles. The van der Waals surface area contributed by atoms with Crippen LogP contribution in [-0.2, 0) is 38.1 Å². The minimum atomic E-state index is -6.42. The van der Waals surface area contributed by atoms with Gasteiger partial charge in [0, 0.05) is 18.4 Å². The van der Waals surface area contributed by atoms with Gasteiger partial charge in [-0.25, -0.2) is 4.79 Å². The van der Waals surface area contributed by atoms with Crippen molar-refractivity contribution in [1.29, 1.82) is 0 Å². The molecule has 2 unspecified atom stereocenters. The third kappa shape index (κ3) is 6.57. The fraction of sp³-hybridized carbons (Fsp3) is 0.810. The average molecular weight is 568 g/mol. The quantitative estimate of drug-likeness (QED) is 0.206. The van der Waals surface area contributed by atoms with Crippen LogP contribution in [-0.4, -0.2) is 69.0 Å². The van der Waals surface area contributed by atoms with Crippen LogP contribution in [0.1, 0.15) is 51.4 Å².